The molecular weight excluding hydrogens is 336 g/mol. The van der Waals surface area contributed by atoms with Gasteiger partial charge in [-0.15, -0.1) is 0 Å². The average Bonchev–Trinajstić information content (AvgIpc) is 3.37. The van der Waals surface area contributed by atoms with Gasteiger partial charge in [0.05, 0.1) is 0 Å². The van der Waals surface area contributed by atoms with Crippen LogP contribution in [0.25, 0.3) is 0 Å². The molecule has 0 bridgehead atoms. The Labute approximate surface area is 156 Å². The molecular formula is C20H32O6. The highest BCUT2D eigenvalue weighted by molar-refractivity contribution is 5.85. The summed E-state index contributed by atoms with van der Waals surface area (Å²) in [6.45, 7) is 9.20. The number of hydrogen-bond acceptors (Lipinski definition) is 4. The van der Waals surface area contributed by atoms with Crippen LogP contribution in [0.4, 0.5) is 0 Å². The van der Waals surface area contributed by atoms with Gasteiger partial charge in [-0.25, -0.2) is 9.59 Å². The quantitative estimate of drug-likeness (QED) is 0.554. The SMILES string of the molecule is C1=CCC=C1.C1=CCC=C1.C=C(C)C(=O)O.C=C(C)C(=O)O.CO.CO. The van der Waals surface area contributed by atoms with Crippen LogP contribution in [0, 0.1) is 0 Å². The molecule has 0 saturated heterocycles. The largest absolute Gasteiger partial charge is 0.478 e. The fourth-order valence-corrected chi connectivity index (χ4v) is 0.786. The Balaban J connectivity index is -0.000000117. The van der Waals surface area contributed by atoms with Gasteiger partial charge in [0, 0.05) is 25.4 Å². The van der Waals surface area contributed by atoms with Crippen molar-refractivity contribution in [2.75, 3.05) is 14.2 Å². The van der Waals surface area contributed by atoms with Gasteiger partial charge in [-0.2, -0.15) is 0 Å². The molecule has 2 rings (SSSR count). The van der Waals surface area contributed by atoms with Crippen LogP contribution in [0.15, 0.2) is 72.9 Å². The lowest BCUT2D eigenvalue weighted by molar-refractivity contribution is -0.133. The van der Waals surface area contributed by atoms with E-state index in [-0.39, 0.29) is 11.1 Å². The first-order valence-electron chi connectivity index (χ1n) is 7.59. The lowest BCUT2D eigenvalue weighted by Crippen LogP contribution is -1.92. The molecule has 0 saturated carbocycles. The standard InChI is InChI=1S/2C5H6.2C4H6O2.2CH4O/c2*1-2-4-5-3-1;2*1-3(2)4(5)6;2*1-2/h2*1-4H,5H2;2*1H2,2H3,(H,5,6);2*2H,1H3. The van der Waals surface area contributed by atoms with E-state index in [9.17, 15) is 9.59 Å². The monoisotopic (exact) mass is 368 g/mol. The summed E-state index contributed by atoms with van der Waals surface area (Å²) in [5, 5.41) is 29.8. The molecule has 0 aromatic rings. The number of aliphatic hydroxyl groups excluding tert-OH is 2. The maximum Gasteiger partial charge on any atom is 0.330 e. The third-order valence-corrected chi connectivity index (χ3v) is 2.04. The second kappa shape index (κ2) is 27.2. The van der Waals surface area contributed by atoms with Gasteiger partial charge in [-0.3, -0.25) is 0 Å². The highest BCUT2D eigenvalue weighted by Crippen LogP contribution is 1.93. The Bertz CT molecular complexity index is 406. The summed E-state index contributed by atoms with van der Waals surface area (Å²) in [6, 6.07) is 0. The maximum absolute atomic E-state index is 9.60. The number of carbonyl (C=O) groups is 2. The summed E-state index contributed by atoms with van der Waals surface area (Å²) in [5.74, 6) is -1.87. The number of carboxylic acids is 2. The van der Waals surface area contributed by atoms with Crippen LogP contribution in [0.3, 0.4) is 0 Å². The van der Waals surface area contributed by atoms with Crippen LogP contribution >= 0.6 is 0 Å². The summed E-state index contributed by atoms with van der Waals surface area (Å²) in [4.78, 5) is 19.2. The van der Waals surface area contributed by atoms with E-state index in [2.05, 4.69) is 61.8 Å². The molecule has 148 valence electrons. The number of aliphatic hydroxyl groups is 2. The third kappa shape index (κ3) is 37.5. The van der Waals surface area contributed by atoms with E-state index in [1.807, 2.05) is 0 Å². The van der Waals surface area contributed by atoms with Crippen molar-refractivity contribution in [2.24, 2.45) is 0 Å². The van der Waals surface area contributed by atoms with Gasteiger partial charge in [-0.05, 0) is 26.7 Å². The summed E-state index contributed by atoms with van der Waals surface area (Å²) in [5.41, 5.74) is 0.352. The molecule has 0 heterocycles. The van der Waals surface area contributed by atoms with Gasteiger partial charge in [-0.1, -0.05) is 61.8 Å². The van der Waals surface area contributed by atoms with Crippen molar-refractivity contribution in [2.45, 2.75) is 26.7 Å². The van der Waals surface area contributed by atoms with Crippen LogP contribution in [0.2, 0.25) is 0 Å². The molecule has 2 aliphatic rings. The number of hydrogen-bond donors (Lipinski definition) is 4. The zero-order valence-electron chi connectivity index (χ0n) is 16.1. The van der Waals surface area contributed by atoms with Crippen LogP contribution in [-0.2, 0) is 9.59 Å². The molecule has 0 fully saturated rings. The first kappa shape index (κ1) is 31.1. The van der Waals surface area contributed by atoms with Gasteiger partial charge in [0.2, 0.25) is 0 Å². The topological polar surface area (TPSA) is 115 Å². The van der Waals surface area contributed by atoms with Crippen molar-refractivity contribution in [1.29, 1.82) is 0 Å². The minimum atomic E-state index is -0.935. The Morgan fingerprint density at radius 2 is 0.808 bits per heavy atom. The van der Waals surface area contributed by atoms with Crippen molar-refractivity contribution in [3.8, 4) is 0 Å². The van der Waals surface area contributed by atoms with Gasteiger partial charge >= 0.3 is 11.9 Å². The molecule has 0 radical (unpaired) electrons. The van der Waals surface area contributed by atoms with E-state index in [0.29, 0.717) is 0 Å². The molecule has 0 aromatic heterocycles. The van der Waals surface area contributed by atoms with Gasteiger partial charge < -0.3 is 20.4 Å². The molecule has 0 spiro atoms. The molecule has 0 atom stereocenters. The predicted octanol–water partition coefficient (Wildman–Crippen LogP) is 3.52. The Morgan fingerprint density at radius 1 is 0.654 bits per heavy atom. The van der Waals surface area contributed by atoms with Crippen molar-refractivity contribution in [1.82, 2.24) is 0 Å². The highest BCUT2D eigenvalue weighted by Gasteiger charge is 1.90. The minimum absolute atomic E-state index is 0.176. The lowest BCUT2D eigenvalue weighted by Gasteiger charge is -1.79. The number of carboxylic acid groups (broad SMARTS) is 2. The molecule has 6 heteroatoms. The van der Waals surface area contributed by atoms with E-state index in [1.165, 1.54) is 13.8 Å². The smallest absolute Gasteiger partial charge is 0.330 e. The second-order valence-electron chi connectivity index (χ2n) is 4.35. The van der Waals surface area contributed by atoms with Crippen molar-refractivity contribution >= 4 is 11.9 Å². The summed E-state index contributed by atoms with van der Waals surface area (Å²) in [7, 11) is 2.00. The van der Waals surface area contributed by atoms with Crippen LogP contribution in [0.1, 0.15) is 26.7 Å². The highest BCUT2D eigenvalue weighted by atomic mass is 16.4. The summed E-state index contributed by atoms with van der Waals surface area (Å²) >= 11 is 0. The molecule has 6 nitrogen and oxygen atoms in total. The molecule has 0 unspecified atom stereocenters. The fraction of sp³-hybridized carbons (Fsp3) is 0.300. The van der Waals surface area contributed by atoms with E-state index < -0.39 is 11.9 Å². The van der Waals surface area contributed by atoms with Crippen LogP contribution < -0.4 is 0 Å². The molecule has 0 amide bonds. The maximum atomic E-state index is 9.60. The third-order valence-electron chi connectivity index (χ3n) is 2.04. The van der Waals surface area contributed by atoms with Crippen LogP contribution in [-0.4, -0.2) is 46.6 Å². The molecule has 0 aliphatic heterocycles. The minimum Gasteiger partial charge on any atom is -0.478 e. The van der Waals surface area contributed by atoms with Crippen LogP contribution in [0.5, 0.6) is 0 Å². The number of allylic oxidation sites excluding steroid dienone is 8. The van der Waals surface area contributed by atoms with Gasteiger partial charge in [0.15, 0.2) is 0 Å². The predicted molar refractivity (Wildman–Crippen MR) is 107 cm³/mol. The average molecular weight is 368 g/mol. The number of rotatable bonds is 2. The summed E-state index contributed by atoms with van der Waals surface area (Å²) in [6.07, 6.45) is 19.0. The first-order valence-corrected chi connectivity index (χ1v) is 7.59. The van der Waals surface area contributed by atoms with Crippen molar-refractivity contribution in [3.05, 3.63) is 72.9 Å². The lowest BCUT2D eigenvalue weighted by atomic mass is 10.4. The fourth-order valence-electron chi connectivity index (χ4n) is 0.786. The zero-order chi connectivity index (χ0) is 21.4. The van der Waals surface area contributed by atoms with E-state index in [4.69, 9.17) is 20.4 Å². The van der Waals surface area contributed by atoms with Gasteiger partial charge in [0.25, 0.3) is 0 Å². The molecule has 0 aromatic carbocycles. The van der Waals surface area contributed by atoms with E-state index >= 15 is 0 Å². The zero-order valence-corrected chi connectivity index (χ0v) is 16.1. The summed E-state index contributed by atoms with van der Waals surface area (Å²) < 4.78 is 0. The Morgan fingerprint density at radius 3 is 0.846 bits per heavy atom. The number of aliphatic carboxylic acids is 2. The Hall–Kier alpha value is -2.70. The van der Waals surface area contributed by atoms with Gasteiger partial charge in [0.1, 0.15) is 0 Å². The van der Waals surface area contributed by atoms with E-state index in [0.717, 1.165) is 27.1 Å². The normalized spacial score (nSPS) is 10.7. The van der Waals surface area contributed by atoms with Crippen molar-refractivity contribution in [3.63, 3.8) is 0 Å². The second-order valence-corrected chi connectivity index (χ2v) is 4.35. The van der Waals surface area contributed by atoms with E-state index in [1.54, 1.807) is 0 Å². The molecule has 26 heavy (non-hydrogen) atoms. The Kier molecular flexibility index (Phi) is 32.5. The molecule has 4 N–H and O–H groups in total. The molecule has 2 aliphatic carbocycles. The first-order chi connectivity index (χ1) is 12.3. The van der Waals surface area contributed by atoms with Crippen molar-refractivity contribution < 1.29 is 30.0 Å².